The first-order chi connectivity index (χ1) is 11.8. The fraction of sp³-hybridized carbons (Fsp3) is 0.650. The van der Waals surface area contributed by atoms with Gasteiger partial charge in [0.2, 0.25) is 5.91 Å². The summed E-state index contributed by atoms with van der Waals surface area (Å²) in [7, 11) is 0. The summed E-state index contributed by atoms with van der Waals surface area (Å²) >= 11 is 0. The predicted molar refractivity (Wildman–Crippen MR) is 93.8 cm³/mol. The summed E-state index contributed by atoms with van der Waals surface area (Å²) in [5.74, 6) is 2.49. The molecule has 1 aromatic rings. The standard InChI is InChI=1S/C20H28N2O2/c23-20(18-11-15-5-1-3-7-17(15)22-18)21-12-16-6-2-4-8-19(16)24-13-14-9-10-14/h2,4,6,8,14-15,17-18,22H,1,3,5,7,9-13H2,(H,21,23). The van der Waals surface area contributed by atoms with Gasteiger partial charge in [-0.2, -0.15) is 0 Å². The molecule has 2 N–H and O–H groups in total. The van der Waals surface area contributed by atoms with Crippen LogP contribution in [0.2, 0.25) is 0 Å². The van der Waals surface area contributed by atoms with E-state index in [1.165, 1.54) is 38.5 Å². The highest BCUT2D eigenvalue weighted by Gasteiger charge is 2.38. The van der Waals surface area contributed by atoms with Gasteiger partial charge in [-0.15, -0.1) is 0 Å². The van der Waals surface area contributed by atoms with E-state index in [1.807, 2.05) is 24.3 Å². The quantitative estimate of drug-likeness (QED) is 0.844. The third kappa shape index (κ3) is 3.75. The Balaban J connectivity index is 1.30. The Labute approximate surface area is 144 Å². The van der Waals surface area contributed by atoms with Crippen LogP contribution in [0.1, 0.15) is 50.5 Å². The Morgan fingerprint density at radius 1 is 1.17 bits per heavy atom. The first kappa shape index (κ1) is 15.9. The fourth-order valence-corrected chi connectivity index (χ4v) is 4.11. The van der Waals surface area contributed by atoms with Crippen LogP contribution in [0.15, 0.2) is 24.3 Å². The normalized spacial score (nSPS) is 29.1. The third-order valence-corrected chi connectivity index (χ3v) is 5.78. The second-order valence-electron chi connectivity index (χ2n) is 7.69. The molecule has 2 saturated carbocycles. The number of para-hydroxylation sites is 1. The summed E-state index contributed by atoms with van der Waals surface area (Å²) in [6.07, 6.45) is 8.70. The van der Waals surface area contributed by atoms with E-state index in [2.05, 4.69) is 10.6 Å². The minimum absolute atomic E-state index is 0.0161. The van der Waals surface area contributed by atoms with Crippen LogP contribution in [0.3, 0.4) is 0 Å². The molecule has 1 aliphatic heterocycles. The molecular weight excluding hydrogens is 300 g/mol. The SMILES string of the molecule is O=C(NCc1ccccc1OCC1CC1)C1CC2CCCCC2N1. The van der Waals surface area contributed by atoms with Crippen molar-refractivity contribution in [3.8, 4) is 5.75 Å². The molecule has 1 amide bonds. The van der Waals surface area contributed by atoms with E-state index >= 15 is 0 Å². The van der Waals surface area contributed by atoms with Crippen molar-refractivity contribution in [2.45, 2.75) is 63.6 Å². The van der Waals surface area contributed by atoms with E-state index in [4.69, 9.17) is 4.74 Å². The van der Waals surface area contributed by atoms with Crippen LogP contribution < -0.4 is 15.4 Å². The predicted octanol–water partition coefficient (Wildman–Crippen LogP) is 3.01. The van der Waals surface area contributed by atoms with Gasteiger partial charge in [0.15, 0.2) is 0 Å². The molecule has 3 atom stereocenters. The Bertz CT molecular complexity index is 571. The molecule has 130 valence electrons. The van der Waals surface area contributed by atoms with Crippen molar-refractivity contribution in [3.63, 3.8) is 0 Å². The van der Waals surface area contributed by atoms with Crippen LogP contribution in [0.5, 0.6) is 5.75 Å². The van der Waals surface area contributed by atoms with Gasteiger partial charge in [0.25, 0.3) is 0 Å². The van der Waals surface area contributed by atoms with E-state index in [9.17, 15) is 4.79 Å². The minimum Gasteiger partial charge on any atom is -0.493 e. The largest absolute Gasteiger partial charge is 0.493 e. The van der Waals surface area contributed by atoms with Crippen molar-refractivity contribution in [2.24, 2.45) is 11.8 Å². The van der Waals surface area contributed by atoms with Crippen molar-refractivity contribution < 1.29 is 9.53 Å². The lowest BCUT2D eigenvalue weighted by atomic mass is 9.85. The van der Waals surface area contributed by atoms with Gasteiger partial charge < -0.3 is 15.4 Å². The molecule has 1 aromatic carbocycles. The zero-order chi connectivity index (χ0) is 16.4. The number of carbonyl (C=O) groups is 1. The Morgan fingerprint density at radius 2 is 2.00 bits per heavy atom. The van der Waals surface area contributed by atoms with Crippen LogP contribution >= 0.6 is 0 Å². The van der Waals surface area contributed by atoms with Crippen molar-refractivity contribution >= 4 is 5.91 Å². The summed E-state index contributed by atoms with van der Waals surface area (Å²) in [4.78, 5) is 12.5. The number of ether oxygens (including phenoxy) is 1. The average Bonchev–Trinajstić information content (AvgIpc) is 3.34. The molecule has 0 bridgehead atoms. The number of carbonyl (C=O) groups excluding carboxylic acids is 1. The van der Waals surface area contributed by atoms with Crippen LogP contribution in [-0.2, 0) is 11.3 Å². The highest BCUT2D eigenvalue weighted by Crippen LogP contribution is 2.33. The number of hydrogen-bond donors (Lipinski definition) is 2. The van der Waals surface area contributed by atoms with E-state index in [0.29, 0.717) is 18.5 Å². The highest BCUT2D eigenvalue weighted by molar-refractivity contribution is 5.82. The number of nitrogens with one attached hydrogen (secondary N) is 2. The zero-order valence-electron chi connectivity index (χ0n) is 14.3. The third-order valence-electron chi connectivity index (χ3n) is 5.78. The monoisotopic (exact) mass is 328 g/mol. The van der Waals surface area contributed by atoms with Gasteiger partial charge >= 0.3 is 0 Å². The average molecular weight is 328 g/mol. The summed E-state index contributed by atoms with van der Waals surface area (Å²) in [5.41, 5.74) is 1.07. The Hall–Kier alpha value is -1.55. The number of amides is 1. The lowest BCUT2D eigenvalue weighted by Gasteiger charge is -2.24. The molecular formula is C20H28N2O2. The van der Waals surface area contributed by atoms with Crippen molar-refractivity contribution in [1.29, 1.82) is 0 Å². The topological polar surface area (TPSA) is 50.4 Å². The first-order valence-electron chi connectivity index (χ1n) is 9.54. The number of fused-ring (bicyclic) bond motifs is 1. The van der Waals surface area contributed by atoms with Crippen molar-refractivity contribution in [3.05, 3.63) is 29.8 Å². The summed E-state index contributed by atoms with van der Waals surface area (Å²) in [6.45, 7) is 1.35. The van der Waals surface area contributed by atoms with Gasteiger partial charge in [-0.05, 0) is 50.0 Å². The smallest absolute Gasteiger partial charge is 0.237 e. The summed E-state index contributed by atoms with van der Waals surface area (Å²) in [6, 6.07) is 8.60. The molecule has 1 heterocycles. The van der Waals surface area contributed by atoms with Gasteiger partial charge in [0, 0.05) is 18.2 Å². The Kier molecular flexibility index (Phi) is 4.74. The number of rotatable bonds is 6. The second-order valence-corrected chi connectivity index (χ2v) is 7.69. The van der Waals surface area contributed by atoms with Crippen LogP contribution in [0.25, 0.3) is 0 Å². The Morgan fingerprint density at radius 3 is 2.83 bits per heavy atom. The highest BCUT2D eigenvalue weighted by atomic mass is 16.5. The maximum Gasteiger partial charge on any atom is 0.237 e. The molecule has 4 heteroatoms. The van der Waals surface area contributed by atoms with Crippen molar-refractivity contribution in [2.75, 3.05) is 6.61 Å². The lowest BCUT2D eigenvalue weighted by Crippen LogP contribution is -2.42. The molecule has 3 fully saturated rings. The van der Waals surface area contributed by atoms with Gasteiger partial charge in [-0.1, -0.05) is 31.0 Å². The van der Waals surface area contributed by atoms with Crippen LogP contribution in [0.4, 0.5) is 0 Å². The number of hydrogen-bond acceptors (Lipinski definition) is 3. The van der Waals surface area contributed by atoms with Gasteiger partial charge in [-0.3, -0.25) is 4.79 Å². The molecule has 3 aliphatic rings. The van der Waals surface area contributed by atoms with Gasteiger partial charge in [0.1, 0.15) is 5.75 Å². The number of benzene rings is 1. The zero-order valence-corrected chi connectivity index (χ0v) is 14.3. The molecule has 3 unspecified atom stereocenters. The van der Waals surface area contributed by atoms with E-state index < -0.39 is 0 Å². The van der Waals surface area contributed by atoms with E-state index in [-0.39, 0.29) is 11.9 Å². The molecule has 0 spiro atoms. The fourth-order valence-electron chi connectivity index (χ4n) is 4.11. The maximum absolute atomic E-state index is 12.5. The molecule has 4 rings (SSSR count). The molecule has 0 aromatic heterocycles. The molecule has 0 radical (unpaired) electrons. The van der Waals surface area contributed by atoms with Crippen LogP contribution in [-0.4, -0.2) is 24.6 Å². The summed E-state index contributed by atoms with van der Waals surface area (Å²) in [5, 5.41) is 6.66. The van der Waals surface area contributed by atoms with Gasteiger partial charge in [-0.25, -0.2) is 0 Å². The van der Waals surface area contributed by atoms with E-state index in [0.717, 1.165) is 30.3 Å². The van der Waals surface area contributed by atoms with Gasteiger partial charge in [0.05, 0.1) is 12.6 Å². The molecule has 24 heavy (non-hydrogen) atoms. The minimum atomic E-state index is -0.0161. The summed E-state index contributed by atoms with van der Waals surface area (Å²) < 4.78 is 5.93. The van der Waals surface area contributed by atoms with E-state index in [1.54, 1.807) is 0 Å². The molecule has 2 aliphatic carbocycles. The second kappa shape index (κ2) is 7.14. The van der Waals surface area contributed by atoms with Crippen LogP contribution in [0, 0.1) is 11.8 Å². The lowest BCUT2D eigenvalue weighted by molar-refractivity contribution is -0.123. The first-order valence-corrected chi connectivity index (χ1v) is 9.54. The van der Waals surface area contributed by atoms with Crippen molar-refractivity contribution in [1.82, 2.24) is 10.6 Å². The molecule has 4 nitrogen and oxygen atoms in total. The molecule has 1 saturated heterocycles. The maximum atomic E-state index is 12.5.